The number of rotatable bonds is 5. The summed E-state index contributed by atoms with van der Waals surface area (Å²) in [7, 11) is 0. The third-order valence-electron chi connectivity index (χ3n) is 2.94. The number of benzene rings is 1. The molecule has 1 saturated heterocycles. The monoisotopic (exact) mass is 221 g/mol. The average molecular weight is 221 g/mol. The minimum Gasteiger partial charge on any atom is -0.492 e. The summed E-state index contributed by atoms with van der Waals surface area (Å²) in [5.41, 5.74) is 1.15. The van der Waals surface area contributed by atoms with Crippen LogP contribution in [0.1, 0.15) is 18.4 Å². The van der Waals surface area contributed by atoms with Crippen LogP contribution in [0.5, 0.6) is 5.75 Å². The van der Waals surface area contributed by atoms with E-state index in [1.165, 1.54) is 12.8 Å². The molecule has 88 valence electrons. The van der Waals surface area contributed by atoms with Gasteiger partial charge in [0.2, 0.25) is 0 Å². The third-order valence-corrected chi connectivity index (χ3v) is 2.94. The molecule has 1 aliphatic rings. The topological polar surface area (TPSA) is 41.5 Å². The number of nitrogens with one attached hydrogen (secondary N) is 1. The molecule has 0 bridgehead atoms. The van der Waals surface area contributed by atoms with Crippen LogP contribution in [0.25, 0.3) is 0 Å². The van der Waals surface area contributed by atoms with Crippen LogP contribution in [0.4, 0.5) is 0 Å². The first-order valence-electron chi connectivity index (χ1n) is 5.94. The van der Waals surface area contributed by atoms with Crippen LogP contribution in [0.2, 0.25) is 0 Å². The zero-order valence-electron chi connectivity index (χ0n) is 9.48. The molecule has 1 aliphatic heterocycles. The van der Waals surface area contributed by atoms with Gasteiger partial charge in [0.25, 0.3) is 0 Å². The molecule has 2 rings (SSSR count). The van der Waals surface area contributed by atoms with Crippen molar-refractivity contribution in [1.82, 2.24) is 5.32 Å². The minimum absolute atomic E-state index is 0.201. The highest BCUT2D eigenvalue weighted by Gasteiger charge is 2.14. The second-order valence-corrected chi connectivity index (χ2v) is 4.22. The van der Waals surface area contributed by atoms with Crippen LogP contribution in [-0.2, 0) is 6.42 Å². The molecule has 0 amide bonds. The molecule has 3 heteroatoms. The Balaban J connectivity index is 1.80. The zero-order chi connectivity index (χ0) is 11.2. The van der Waals surface area contributed by atoms with Gasteiger partial charge in [-0.1, -0.05) is 12.1 Å². The van der Waals surface area contributed by atoms with Gasteiger partial charge in [-0.15, -0.1) is 0 Å². The van der Waals surface area contributed by atoms with E-state index >= 15 is 0 Å². The third kappa shape index (κ3) is 3.22. The number of aliphatic hydroxyl groups is 1. The lowest BCUT2D eigenvalue weighted by Crippen LogP contribution is -2.28. The maximum absolute atomic E-state index is 8.80. The molecule has 1 aromatic carbocycles. The van der Waals surface area contributed by atoms with Crippen molar-refractivity contribution < 1.29 is 9.84 Å². The van der Waals surface area contributed by atoms with Crippen LogP contribution in [-0.4, -0.2) is 30.9 Å². The first-order valence-corrected chi connectivity index (χ1v) is 5.94. The minimum atomic E-state index is 0.201. The summed E-state index contributed by atoms with van der Waals surface area (Å²) in [4.78, 5) is 0. The fourth-order valence-electron chi connectivity index (χ4n) is 1.98. The number of ether oxygens (including phenoxy) is 1. The predicted molar refractivity (Wildman–Crippen MR) is 63.8 cm³/mol. The molecular weight excluding hydrogens is 202 g/mol. The summed E-state index contributed by atoms with van der Waals surface area (Å²) < 4.78 is 5.70. The normalized spacial score (nSPS) is 19.9. The maximum Gasteiger partial charge on any atom is 0.119 e. The second kappa shape index (κ2) is 5.87. The van der Waals surface area contributed by atoms with E-state index in [1.54, 1.807) is 0 Å². The second-order valence-electron chi connectivity index (χ2n) is 4.22. The van der Waals surface area contributed by atoms with E-state index < -0.39 is 0 Å². The van der Waals surface area contributed by atoms with Gasteiger partial charge >= 0.3 is 0 Å². The molecule has 0 saturated carbocycles. The summed E-state index contributed by atoms with van der Waals surface area (Å²) in [6.45, 7) is 2.06. The van der Waals surface area contributed by atoms with E-state index in [0.717, 1.165) is 24.5 Å². The molecule has 0 radical (unpaired) electrons. The quantitative estimate of drug-likeness (QED) is 0.788. The molecule has 2 N–H and O–H groups in total. The molecule has 0 spiro atoms. The summed E-state index contributed by atoms with van der Waals surface area (Å²) in [5, 5.41) is 12.2. The number of aliphatic hydroxyl groups excluding tert-OH is 1. The van der Waals surface area contributed by atoms with Crippen molar-refractivity contribution in [3.05, 3.63) is 29.8 Å². The van der Waals surface area contributed by atoms with E-state index in [4.69, 9.17) is 9.84 Å². The average Bonchev–Trinajstić information content (AvgIpc) is 2.82. The molecule has 1 aromatic rings. The molecule has 1 heterocycles. The standard InChI is InChI=1S/C13H19NO2/c15-9-7-11-3-5-13(6-4-11)16-10-12-2-1-8-14-12/h3-6,12,14-15H,1-2,7-10H2/t12-/m1/s1. The van der Waals surface area contributed by atoms with Crippen molar-refractivity contribution in [3.8, 4) is 5.75 Å². The Bertz CT molecular complexity index is 304. The van der Waals surface area contributed by atoms with Gasteiger partial charge in [-0.05, 0) is 43.5 Å². The van der Waals surface area contributed by atoms with Crippen molar-refractivity contribution in [1.29, 1.82) is 0 Å². The van der Waals surface area contributed by atoms with Gasteiger partial charge in [0.1, 0.15) is 12.4 Å². The molecule has 0 aliphatic carbocycles. The number of hydrogen-bond acceptors (Lipinski definition) is 3. The Morgan fingerprint density at radius 3 is 2.75 bits per heavy atom. The molecule has 16 heavy (non-hydrogen) atoms. The molecular formula is C13H19NO2. The lowest BCUT2D eigenvalue weighted by molar-refractivity contribution is 0.277. The molecule has 1 atom stereocenters. The summed E-state index contributed by atoms with van der Waals surface area (Å²) in [6, 6.07) is 8.47. The molecule has 0 unspecified atom stereocenters. The molecule has 0 aromatic heterocycles. The zero-order valence-corrected chi connectivity index (χ0v) is 9.48. The fourth-order valence-corrected chi connectivity index (χ4v) is 1.98. The van der Waals surface area contributed by atoms with E-state index in [-0.39, 0.29) is 6.61 Å². The van der Waals surface area contributed by atoms with Crippen molar-refractivity contribution in [2.45, 2.75) is 25.3 Å². The van der Waals surface area contributed by atoms with Gasteiger partial charge < -0.3 is 15.2 Å². The van der Waals surface area contributed by atoms with Gasteiger partial charge in [0.15, 0.2) is 0 Å². The smallest absolute Gasteiger partial charge is 0.119 e. The van der Waals surface area contributed by atoms with Gasteiger partial charge in [-0.2, -0.15) is 0 Å². The van der Waals surface area contributed by atoms with Crippen LogP contribution in [0, 0.1) is 0 Å². The Hall–Kier alpha value is -1.06. The van der Waals surface area contributed by atoms with Gasteiger partial charge in [0, 0.05) is 12.6 Å². The molecule has 1 fully saturated rings. The Morgan fingerprint density at radius 2 is 2.12 bits per heavy atom. The van der Waals surface area contributed by atoms with E-state index in [0.29, 0.717) is 12.5 Å². The van der Waals surface area contributed by atoms with E-state index in [1.807, 2.05) is 24.3 Å². The highest BCUT2D eigenvalue weighted by atomic mass is 16.5. The summed E-state index contributed by atoms with van der Waals surface area (Å²) in [6.07, 6.45) is 3.18. The van der Waals surface area contributed by atoms with Crippen LogP contribution < -0.4 is 10.1 Å². The van der Waals surface area contributed by atoms with E-state index in [9.17, 15) is 0 Å². The lowest BCUT2D eigenvalue weighted by atomic mass is 10.1. The molecule has 3 nitrogen and oxygen atoms in total. The summed E-state index contributed by atoms with van der Waals surface area (Å²) in [5.74, 6) is 0.912. The van der Waals surface area contributed by atoms with Gasteiger partial charge in [-0.3, -0.25) is 0 Å². The Kier molecular flexibility index (Phi) is 4.19. The van der Waals surface area contributed by atoms with E-state index in [2.05, 4.69) is 5.32 Å². The first kappa shape index (κ1) is 11.4. The predicted octanol–water partition coefficient (Wildman–Crippen LogP) is 1.35. The SMILES string of the molecule is OCCc1ccc(OC[C@H]2CCCN2)cc1. The van der Waals surface area contributed by atoms with Crippen molar-refractivity contribution >= 4 is 0 Å². The van der Waals surface area contributed by atoms with Gasteiger partial charge in [0.05, 0.1) is 0 Å². The maximum atomic E-state index is 8.80. The van der Waals surface area contributed by atoms with Gasteiger partial charge in [-0.25, -0.2) is 0 Å². The first-order chi connectivity index (χ1) is 7.88. The van der Waals surface area contributed by atoms with Crippen molar-refractivity contribution in [2.24, 2.45) is 0 Å². The highest BCUT2D eigenvalue weighted by molar-refractivity contribution is 5.27. The fraction of sp³-hybridized carbons (Fsp3) is 0.538. The van der Waals surface area contributed by atoms with Crippen molar-refractivity contribution in [3.63, 3.8) is 0 Å². The largest absolute Gasteiger partial charge is 0.492 e. The van der Waals surface area contributed by atoms with Crippen molar-refractivity contribution in [2.75, 3.05) is 19.8 Å². The lowest BCUT2D eigenvalue weighted by Gasteiger charge is -2.12. The Morgan fingerprint density at radius 1 is 1.31 bits per heavy atom. The van der Waals surface area contributed by atoms with Crippen LogP contribution in [0.3, 0.4) is 0 Å². The van der Waals surface area contributed by atoms with Crippen LogP contribution >= 0.6 is 0 Å². The number of hydrogen-bond donors (Lipinski definition) is 2. The Labute approximate surface area is 96.4 Å². The van der Waals surface area contributed by atoms with Crippen LogP contribution in [0.15, 0.2) is 24.3 Å². The summed E-state index contributed by atoms with van der Waals surface area (Å²) >= 11 is 0. The highest BCUT2D eigenvalue weighted by Crippen LogP contribution is 2.14.